The third kappa shape index (κ3) is 5.44. The first-order valence-corrected chi connectivity index (χ1v) is 9.31. The Kier molecular flexibility index (Phi) is 6.04. The molecule has 0 aromatic carbocycles. The first kappa shape index (κ1) is 21.9. The zero-order valence-electron chi connectivity index (χ0n) is 17.7. The van der Waals surface area contributed by atoms with Crippen LogP contribution < -0.4 is 15.5 Å². The van der Waals surface area contributed by atoms with Crippen LogP contribution in [0.5, 0.6) is 0 Å². The molecule has 0 bridgehead atoms. The molecule has 3 aromatic rings. The van der Waals surface area contributed by atoms with E-state index in [0.29, 0.717) is 28.5 Å². The Bertz CT molecular complexity index is 1100. The van der Waals surface area contributed by atoms with Gasteiger partial charge in [-0.05, 0) is 6.92 Å². The number of rotatable bonds is 6. The maximum atomic E-state index is 13.8. The van der Waals surface area contributed by atoms with Crippen molar-refractivity contribution in [2.75, 3.05) is 29.6 Å². The molecule has 3 aromatic heterocycles. The quantitative estimate of drug-likeness (QED) is 0.614. The Hall–Kier alpha value is -3.76. The molecule has 3 heterocycles. The summed E-state index contributed by atoms with van der Waals surface area (Å²) in [5.41, 5.74) is 1.88. The number of anilines is 4. The molecule has 0 aliphatic heterocycles. The number of hydrogen-bond donors (Lipinski definition) is 2. The van der Waals surface area contributed by atoms with Crippen LogP contribution in [0.25, 0.3) is 11.3 Å². The molecule has 31 heavy (non-hydrogen) atoms. The van der Waals surface area contributed by atoms with Crippen LogP contribution in [0.4, 0.5) is 31.9 Å². The third-order valence-electron chi connectivity index (χ3n) is 4.09. The second-order valence-electron chi connectivity index (χ2n) is 7.18. The first-order chi connectivity index (χ1) is 14.5. The van der Waals surface area contributed by atoms with Gasteiger partial charge in [0.2, 0.25) is 11.7 Å². The van der Waals surface area contributed by atoms with E-state index in [1.54, 1.807) is 31.5 Å². The topological polar surface area (TPSA) is 109 Å². The van der Waals surface area contributed by atoms with Gasteiger partial charge in [0.15, 0.2) is 0 Å². The SMILES string of the molecule is CC(=O)Nc1cc(Nc2cc(C)nc(C(C)(F)F)n2)c(-c2cnc(N(C)C)cn2)cn1. The maximum Gasteiger partial charge on any atom is 0.303 e. The number of carbonyl (C=O) groups is 1. The number of nitrogens with zero attached hydrogens (tertiary/aromatic N) is 6. The molecule has 1 amide bonds. The monoisotopic (exact) mass is 428 g/mol. The number of amides is 1. The number of pyridine rings is 1. The van der Waals surface area contributed by atoms with Gasteiger partial charge in [-0.1, -0.05) is 0 Å². The Morgan fingerprint density at radius 2 is 1.77 bits per heavy atom. The van der Waals surface area contributed by atoms with E-state index in [2.05, 4.69) is 35.6 Å². The lowest BCUT2D eigenvalue weighted by Gasteiger charge is -2.16. The van der Waals surface area contributed by atoms with E-state index >= 15 is 0 Å². The number of aryl methyl sites for hydroxylation is 1. The van der Waals surface area contributed by atoms with Crippen molar-refractivity contribution in [3.63, 3.8) is 0 Å². The van der Waals surface area contributed by atoms with E-state index in [4.69, 9.17) is 0 Å². The fourth-order valence-corrected chi connectivity index (χ4v) is 2.67. The van der Waals surface area contributed by atoms with E-state index in [9.17, 15) is 13.6 Å². The summed E-state index contributed by atoms with van der Waals surface area (Å²) in [6.45, 7) is 3.70. The zero-order chi connectivity index (χ0) is 22.8. The first-order valence-electron chi connectivity index (χ1n) is 9.31. The van der Waals surface area contributed by atoms with Gasteiger partial charge in [-0.2, -0.15) is 8.78 Å². The van der Waals surface area contributed by atoms with E-state index in [1.165, 1.54) is 13.1 Å². The highest BCUT2D eigenvalue weighted by molar-refractivity contribution is 5.89. The average molecular weight is 428 g/mol. The second-order valence-corrected chi connectivity index (χ2v) is 7.18. The highest BCUT2D eigenvalue weighted by Gasteiger charge is 2.29. The summed E-state index contributed by atoms with van der Waals surface area (Å²) < 4.78 is 27.6. The van der Waals surface area contributed by atoms with Crippen molar-refractivity contribution in [2.24, 2.45) is 0 Å². The van der Waals surface area contributed by atoms with Crippen molar-refractivity contribution in [3.8, 4) is 11.3 Å². The molecule has 9 nitrogen and oxygen atoms in total. The lowest BCUT2D eigenvalue weighted by Crippen LogP contribution is -2.15. The minimum Gasteiger partial charge on any atom is -0.361 e. The lowest BCUT2D eigenvalue weighted by atomic mass is 10.1. The van der Waals surface area contributed by atoms with Crippen molar-refractivity contribution in [3.05, 3.63) is 42.2 Å². The highest BCUT2D eigenvalue weighted by Crippen LogP contribution is 2.31. The van der Waals surface area contributed by atoms with Gasteiger partial charge in [0.1, 0.15) is 17.5 Å². The Labute approximate surface area is 178 Å². The predicted molar refractivity (Wildman–Crippen MR) is 114 cm³/mol. The van der Waals surface area contributed by atoms with Gasteiger partial charge in [-0.3, -0.25) is 9.78 Å². The summed E-state index contributed by atoms with van der Waals surface area (Å²) in [5, 5.41) is 5.62. The summed E-state index contributed by atoms with van der Waals surface area (Å²) >= 11 is 0. The van der Waals surface area contributed by atoms with E-state index in [0.717, 1.165) is 6.92 Å². The number of hydrogen-bond acceptors (Lipinski definition) is 8. The van der Waals surface area contributed by atoms with Gasteiger partial charge in [0.25, 0.3) is 0 Å². The minimum absolute atomic E-state index is 0.170. The molecule has 0 atom stereocenters. The smallest absolute Gasteiger partial charge is 0.303 e. The van der Waals surface area contributed by atoms with Gasteiger partial charge in [0.05, 0.1) is 23.8 Å². The predicted octanol–water partition coefficient (Wildman–Crippen LogP) is 3.52. The van der Waals surface area contributed by atoms with Crippen LogP contribution in [-0.2, 0) is 10.7 Å². The Morgan fingerprint density at radius 1 is 1.03 bits per heavy atom. The molecule has 2 N–H and O–H groups in total. The fraction of sp³-hybridized carbons (Fsp3) is 0.300. The van der Waals surface area contributed by atoms with Crippen molar-refractivity contribution in [1.82, 2.24) is 24.9 Å². The second kappa shape index (κ2) is 8.54. The van der Waals surface area contributed by atoms with Crippen LogP contribution in [0.1, 0.15) is 25.4 Å². The fourth-order valence-electron chi connectivity index (χ4n) is 2.67. The van der Waals surface area contributed by atoms with Gasteiger partial charge >= 0.3 is 5.92 Å². The summed E-state index contributed by atoms with van der Waals surface area (Å²) in [4.78, 5) is 34.0. The lowest BCUT2D eigenvalue weighted by molar-refractivity contribution is -0.114. The van der Waals surface area contributed by atoms with Crippen molar-refractivity contribution < 1.29 is 13.6 Å². The van der Waals surface area contributed by atoms with Gasteiger partial charge in [-0.25, -0.2) is 19.9 Å². The zero-order valence-corrected chi connectivity index (χ0v) is 17.7. The van der Waals surface area contributed by atoms with Crippen LogP contribution in [0.3, 0.4) is 0 Å². The highest BCUT2D eigenvalue weighted by atomic mass is 19.3. The van der Waals surface area contributed by atoms with E-state index in [-0.39, 0.29) is 17.5 Å². The standard InChI is InChI=1S/C20H22F2N8O/c1-11-6-17(29-19(26-11)20(3,21)22)28-14-7-16(27-12(2)31)24-8-13(14)15-9-25-18(10-23-15)30(4)5/h6-10H,1-5H3,(H2,24,26,27,28,29,31). The van der Waals surface area contributed by atoms with Crippen LogP contribution in [-0.4, -0.2) is 44.9 Å². The molecule has 3 rings (SSSR count). The maximum absolute atomic E-state index is 13.8. The van der Waals surface area contributed by atoms with E-state index < -0.39 is 11.7 Å². The molecule has 162 valence electrons. The molecular weight excluding hydrogens is 406 g/mol. The molecule has 0 saturated heterocycles. The van der Waals surface area contributed by atoms with Crippen LogP contribution in [0.2, 0.25) is 0 Å². The molecule has 0 radical (unpaired) electrons. The van der Waals surface area contributed by atoms with Crippen molar-refractivity contribution in [1.29, 1.82) is 0 Å². The number of nitrogens with one attached hydrogen (secondary N) is 2. The molecular formula is C20H22F2N8O. The summed E-state index contributed by atoms with van der Waals surface area (Å²) in [5.74, 6) is -2.97. The largest absolute Gasteiger partial charge is 0.361 e. The van der Waals surface area contributed by atoms with Gasteiger partial charge in [-0.15, -0.1) is 0 Å². The third-order valence-corrected chi connectivity index (χ3v) is 4.09. The number of alkyl halides is 2. The normalized spacial score (nSPS) is 11.2. The minimum atomic E-state index is -3.20. The van der Waals surface area contributed by atoms with Crippen molar-refractivity contribution >= 4 is 29.0 Å². The average Bonchev–Trinajstić information content (AvgIpc) is 2.67. The molecule has 11 heteroatoms. The number of carbonyl (C=O) groups excluding carboxylic acids is 1. The van der Waals surface area contributed by atoms with Gasteiger partial charge in [0, 0.05) is 57.5 Å². The molecule has 0 unspecified atom stereocenters. The van der Waals surface area contributed by atoms with Gasteiger partial charge < -0.3 is 15.5 Å². The summed E-state index contributed by atoms with van der Waals surface area (Å²) in [6.07, 6.45) is 4.69. The van der Waals surface area contributed by atoms with Crippen LogP contribution in [0.15, 0.2) is 30.7 Å². The Morgan fingerprint density at radius 3 is 2.35 bits per heavy atom. The van der Waals surface area contributed by atoms with Crippen LogP contribution >= 0.6 is 0 Å². The number of aromatic nitrogens is 5. The molecule has 0 fully saturated rings. The van der Waals surface area contributed by atoms with Crippen molar-refractivity contribution in [2.45, 2.75) is 26.7 Å². The number of halogens is 2. The summed E-state index contributed by atoms with van der Waals surface area (Å²) in [7, 11) is 3.69. The molecule has 0 saturated carbocycles. The van der Waals surface area contributed by atoms with Crippen LogP contribution in [0, 0.1) is 6.92 Å². The molecule has 0 spiro atoms. The summed E-state index contributed by atoms with van der Waals surface area (Å²) in [6, 6.07) is 3.11. The molecule has 0 aliphatic carbocycles. The molecule has 0 aliphatic rings. The Balaban J connectivity index is 2.06. The van der Waals surface area contributed by atoms with E-state index in [1.807, 2.05) is 19.0 Å².